The Labute approximate surface area is 170 Å². The minimum atomic E-state index is -1.03. The lowest BCUT2D eigenvalue weighted by Gasteiger charge is -2.15. The molecule has 0 amide bonds. The number of pyridine rings is 1. The van der Waals surface area contributed by atoms with Crippen molar-refractivity contribution in [3.05, 3.63) is 27.1 Å². The maximum absolute atomic E-state index is 6.20. The Kier molecular flexibility index (Phi) is 8.67. The number of fused-ring (bicyclic) bond motifs is 1. The average molecular weight is 494 g/mol. The van der Waals surface area contributed by atoms with Crippen LogP contribution >= 0.6 is 34.2 Å². The fourth-order valence-electron chi connectivity index (χ4n) is 2.57. The fraction of sp³-hybridized carbons (Fsp3) is 0.611. The van der Waals surface area contributed by atoms with Crippen LogP contribution in [0.4, 0.5) is 0 Å². The second-order valence-electron chi connectivity index (χ2n) is 7.60. The van der Waals surface area contributed by atoms with E-state index in [2.05, 4.69) is 52.5 Å². The summed E-state index contributed by atoms with van der Waals surface area (Å²) >= 11 is 8.49. The Morgan fingerprint density at radius 1 is 1.28 bits per heavy atom. The molecule has 3 rings (SSSR count). The number of piperidine rings is 1. The summed E-state index contributed by atoms with van der Waals surface area (Å²) in [6.45, 7) is 10.9. The molecule has 2 aromatic rings. The van der Waals surface area contributed by atoms with Crippen LogP contribution in [0.2, 0.25) is 30.7 Å². The van der Waals surface area contributed by atoms with Gasteiger partial charge in [-0.25, -0.2) is 4.98 Å². The molecular formula is C18H29ClIN3OSi. The monoisotopic (exact) mass is 493 g/mol. The molecule has 7 heteroatoms. The van der Waals surface area contributed by atoms with E-state index in [1.54, 1.807) is 6.20 Å². The van der Waals surface area contributed by atoms with Gasteiger partial charge in [0.15, 0.2) is 0 Å². The smallest absolute Gasteiger partial charge is 0.144 e. The summed E-state index contributed by atoms with van der Waals surface area (Å²) in [5.41, 5.74) is 0.893. The summed E-state index contributed by atoms with van der Waals surface area (Å²) in [7, 11) is -1.03. The molecule has 0 saturated carbocycles. The number of rotatable bonds is 5. The maximum atomic E-state index is 6.20. The van der Waals surface area contributed by atoms with Crippen molar-refractivity contribution in [3.8, 4) is 0 Å². The highest BCUT2D eigenvalue weighted by molar-refractivity contribution is 14.1. The summed E-state index contributed by atoms with van der Waals surface area (Å²) in [6.07, 6.45) is 7.99. The molecule has 3 heterocycles. The lowest BCUT2D eigenvalue weighted by atomic mass is 10.2. The molecule has 0 aromatic carbocycles. The van der Waals surface area contributed by atoms with Crippen molar-refractivity contribution in [2.45, 2.75) is 51.7 Å². The molecule has 1 N–H and O–H groups in total. The van der Waals surface area contributed by atoms with Crippen molar-refractivity contribution < 1.29 is 4.74 Å². The minimum absolute atomic E-state index is 0.539. The molecule has 25 heavy (non-hydrogen) atoms. The number of nitrogens with one attached hydrogen (secondary N) is 1. The summed E-state index contributed by atoms with van der Waals surface area (Å²) in [6, 6.07) is 3.00. The lowest BCUT2D eigenvalue weighted by molar-refractivity contribution is 0.0898. The Hall–Kier alpha value is -0.153. The normalized spacial score (nSPS) is 15.1. The van der Waals surface area contributed by atoms with Gasteiger partial charge in [0.25, 0.3) is 0 Å². The predicted molar refractivity (Wildman–Crippen MR) is 118 cm³/mol. The molecule has 1 fully saturated rings. The van der Waals surface area contributed by atoms with Gasteiger partial charge >= 0.3 is 0 Å². The van der Waals surface area contributed by atoms with Crippen molar-refractivity contribution in [1.82, 2.24) is 14.9 Å². The third-order valence-electron chi connectivity index (χ3n) is 4.09. The summed E-state index contributed by atoms with van der Waals surface area (Å²) in [4.78, 5) is 4.39. The molecule has 0 bridgehead atoms. The van der Waals surface area contributed by atoms with E-state index in [1.807, 2.05) is 16.8 Å². The van der Waals surface area contributed by atoms with E-state index in [1.165, 1.54) is 38.4 Å². The second-order valence-corrected chi connectivity index (χ2v) is 14.8. The van der Waals surface area contributed by atoms with Crippen LogP contribution in [-0.4, -0.2) is 37.3 Å². The van der Waals surface area contributed by atoms with Gasteiger partial charge in [-0.2, -0.15) is 0 Å². The highest BCUT2D eigenvalue weighted by atomic mass is 127. The quantitative estimate of drug-likeness (QED) is 0.346. The van der Waals surface area contributed by atoms with Crippen molar-refractivity contribution in [1.29, 1.82) is 0 Å². The summed E-state index contributed by atoms with van der Waals surface area (Å²) in [5, 5.41) is 5.04. The predicted octanol–water partition coefficient (Wildman–Crippen LogP) is 5.37. The van der Waals surface area contributed by atoms with Gasteiger partial charge in [-0.05, 0) is 60.6 Å². The number of nitrogens with zero attached hydrogens (tertiary/aromatic N) is 2. The standard InChI is InChI=1S/C13H18ClIN2OSi.C5H11N/c1-19(2,3)7-6-18-9-17-8-11(15)12-10(14)4-5-16-13(12)17;1-2-4-6-5-3-1/h4-5,8H,6-7,9H2,1-3H3;6H,1-5H2. The Morgan fingerprint density at radius 2 is 2.00 bits per heavy atom. The minimum Gasteiger partial charge on any atom is -0.361 e. The number of ether oxygens (including phenoxy) is 1. The molecule has 2 aromatic heterocycles. The zero-order valence-electron chi connectivity index (χ0n) is 15.4. The number of hydrogen-bond donors (Lipinski definition) is 1. The van der Waals surface area contributed by atoms with Crippen LogP contribution in [0.1, 0.15) is 19.3 Å². The van der Waals surface area contributed by atoms with Gasteiger partial charge < -0.3 is 14.6 Å². The van der Waals surface area contributed by atoms with Crippen molar-refractivity contribution in [2.75, 3.05) is 19.7 Å². The van der Waals surface area contributed by atoms with Gasteiger partial charge in [0.2, 0.25) is 0 Å². The molecule has 1 aliphatic heterocycles. The molecular weight excluding hydrogens is 465 g/mol. The van der Waals surface area contributed by atoms with Crippen LogP contribution < -0.4 is 5.32 Å². The number of hydrogen-bond acceptors (Lipinski definition) is 3. The van der Waals surface area contributed by atoms with E-state index in [-0.39, 0.29) is 0 Å². The highest BCUT2D eigenvalue weighted by Crippen LogP contribution is 2.28. The largest absolute Gasteiger partial charge is 0.361 e. The molecule has 0 aliphatic carbocycles. The zero-order chi connectivity index (χ0) is 18.3. The van der Waals surface area contributed by atoms with Crippen molar-refractivity contribution >= 4 is 53.3 Å². The Balaban J connectivity index is 0.000000316. The Bertz CT molecular complexity index is 657. The average Bonchev–Trinajstić information content (AvgIpc) is 2.90. The molecule has 0 atom stereocenters. The third kappa shape index (κ3) is 7.17. The van der Waals surface area contributed by atoms with E-state index in [0.717, 1.165) is 26.2 Å². The second kappa shape index (κ2) is 10.3. The molecule has 0 radical (unpaired) electrons. The van der Waals surface area contributed by atoms with E-state index >= 15 is 0 Å². The van der Waals surface area contributed by atoms with Crippen LogP contribution in [0.15, 0.2) is 18.5 Å². The topological polar surface area (TPSA) is 39.1 Å². The van der Waals surface area contributed by atoms with Gasteiger partial charge in [-0.1, -0.05) is 37.7 Å². The van der Waals surface area contributed by atoms with Crippen LogP contribution in [0.5, 0.6) is 0 Å². The van der Waals surface area contributed by atoms with Crippen LogP contribution in [0.3, 0.4) is 0 Å². The van der Waals surface area contributed by atoms with Gasteiger partial charge in [0.05, 0.1) is 10.4 Å². The molecule has 0 unspecified atom stereocenters. The SMILES string of the molecule is C1CCNCC1.C[Si](C)(C)CCOCn1cc(I)c2c(Cl)ccnc21. The van der Waals surface area contributed by atoms with Crippen molar-refractivity contribution in [2.24, 2.45) is 0 Å². The van der Waals surface area contributed by atoms with Gasteiger partial charge in [0.1, 0.15) is 12.4 Å². The first-order chi connectivity index (χ1) is 11.9. The number of aromatic nitrogens is 2. The molecule has 140 valence electrons. The van der Waals surface area contributed by atoms with Gasteiger partial charge in [-0.15, -0.1) is 0 Å². The summed E-state index contributed by atoms with van der Waals surface area (Å²) < 4.78 is 8.90. The number of halogens is 2. The Morgan fingerprint density at radius 3 is 2.56 bits per heavy atom. The van der Waals surface area contributed by atoms with Gasteiger partial charge in [0, 0.05) is 30.6 Å². The molecule has 1 aliphatic rings. The zero-order valence-corrected chi connectivity index (χ0v) is 19.4. The van der Waals surface area contributed by atoms with E-state index in [9.17, 15) is 0 Å². The van der Waals surface area contributed by atoms with E-state index < -0.39 is 8.07 Å². The first-order valence-electron chi connectivity index (χ1n) is 8.96. The lowest BCUT2D eigenvalue weighted by Crippen LogP contribution is -2.22. The third-order valence-corrected chi connectivity index (χ3v) is 6.93. The first kappa shape index (κ1) is 21.2. The highest BCUT2D eigenvalue weighted by Gasteiger charge is 2.13. The van der Waals surface area contributed by atoms with Crippen molar-refractivity contribution in [3.63, 3.8) is 0 Å². The van der Waals surface area contributed by atoms with E-state index in [4.69, 9.17) is 16.3 Å². The van der Waals surface area contributed by atoms with Crippen LogP contribution in [-0.2, 0) is 11.5 Å². The van der Waals surface area contributed by atoms with Crippen LogP contribution in [0, 0.1) is 3.57 Å². The molecule has 4 nitrogen and oxygen atoms in total. The van der Waals surface area contributed by atoms with Gasteiger partial charge in [-0.3, -0.25) is 0 Å². The molecule has 1 saturated heterocycles. The maximum Gasteiger partial charge on any atom is 0.144 e. The first-order valence-corrected chi connectivity index (χ1v) is 14.1. The fourth-order valence-corrected chi connectivity index (χ4v) is 4.60. The van der Waals surface area contributed by atoms with E-state index in [0.29, 0.717) is 6.73 Å². The molecule has 0 spiro atoms. The van der Waals surface area contributed by atoms with Crippen LogP contribution in [0.25, 0.3) is 11.0 Å². The summed E-state index contributed by atoms with van der Waals surface area (Å²) in [5.74, 6) is 0.